The molecule has 0 bridgehead atoms. The number of carbonyl (C=O) groups is 3. The van der Waals surface area contributed by atoms with Crippen molar-refractivity contribution in [1.29, 1.82) is 0 Å². The number of amides is 1. The van der Waals surface area contributed by atoms with Crippen LogP contribution in [0.1, 0.15) is 107 Å². The minimum absolute atomic E-state index is 0.0166. The third-order valence-corrected chi connectivity index (χ3v) is 7.94. The SMILES string of the molecule is CCc1ccc(NC(=O)c2cc(CC[C@@H]3CCCO3)cc(-c3cc(F)cc(CCC(=O)OC(C)(C)C)c3)c2)c(CC(=O)OC(C)(C)C)c1. The number of anilines is 1. The van der Waals surface area contributed by atoms with Crippen molar-refractivity contribution in [2.24, 2.45) is 0 Å². The fourth-order valence-electron chi connectivity index (χ4n) is 5.80. The molecule has 1 atom stereocenters. The number of hydrogen-bond acceptors (Lipinski definition) is 6. The van der Waals surface area contributed by atoms with Gasteiger partial charge in [-0.3, -0.25) is 14.4 Å². The first-order valence-corrected chi connectivity index (χ1v) is 17.0. The van der Waals surface area contributed by atoms with Gasteiger partial charge in [0.2, 0.25) is 0 Å². The highest BCUT2D eigenvalue weighted by atomic mass is 19.1. The maximum Gasteiger partial charge on any atom is 0.310 e. The van der Waals surface area contributed by atoms with Gasteiger partial charge >= 0.3 is 11.9 Å². The Hall–Kier alpha value is -4.04. The van der Waals surface area contributed by atoms with E-state index < -0.39 is 17.0 Å². The number of benzene rings is 3. The largest absolute Gasteiger partial charge is 0.460 e. The second kappa shape index (κ2) is 15.9. The second-order valence-electron chi connectivity index (χ2n) is 14.6. The molecule has 1 aliphatic rings. The number of nitrogens with one attached hydrogen (secondary N) is 1. The first-order valence-electron chi connectivity index (χ1n) is 17.0. The molecule has 0 unspecified atom stereocenters. The molecule has 1 heterocycles. The Morgan fingerprint density at radius 2 is 1.50 bits per heavy atom. The van der Waals surface area contributed by atoms with Gasteiger partial charge in [-0.1, -0.05) is 31.2 Å². The molecule has 3 aromatic rings. The van der Waals surface area contributed by atoms with E-state index in [1.807, 2.05) is 84.9 Å². The average molecular weight is 660 g/mol. The predicted molar refractivity (Wildman–Crippen MR) is 187 cm³/mol. The van der Waals surface area contributed by atoms with Crippen molar-refractivity contribution >= 4 is 23.5 Å². The van der Waals surface area contributed by atoms with Gasteiger partial charge in [-0.25, -0.2) is 4.39 Å². The van der Waals surface area contributed by atoms with Crippen LogP contribution in [0.4, 0.5) is 10.1 Å². The Bertz CT molecular complexity index is 1610. The Morgan fingerprint density at radius 1 is 0.833 bits per heavy atom. The Kier molecular flexibility index (Phi) is 12.2. The van der Waals surface area contributed by atoms with Crippen LogP contribution in [0.2, 0.25) is 0 Å². The number of aryl methyl sites for hydroxylation is 3. The minimum atomic E-state index is -0.629. The van der Waals surface area contributed by atoms with E-state index in [-0.39, 0.29) is 36.8 Å². The van der Waals surface area contributed by atoms with Crippen LogP contribution in [0.5, 0.6) is 0 Å². The summed E-state index contributed by atoms with van der Waals surface area (Å²) in [5.41, 5.74) is 4.33. The van der Waals surface area contributed by atoms with Gasteiger partial charge in [0.1, 0.15) is 17.0 Å². The fraction of sp³-hybridized carbons (Fsp3) is 0.475. The number of esters is 2. The van der Waals surface area contributed by atoms with Crippen molar-refractivity contribution in [2.75, 3.05) is 11.9 Å². The van der Waals surface area contributed by atoms with Crippen LogP contribution in [0, 0.1) is 5.82 Å². The van der Waals surface area contributed by atoms with Crippen LogP contribution in [0.3, 0.4) is 0 Å². The van der Waals surface area contributed by atoms with Crippen LogP contribution in [0.15, 0.2) is 54.6 Å². The first kappa shape index (κ1) is 36.8. The molecule has 258 valence electrons. The quantitative estimate of drug-likeness (QED) is 0.196. The molecule has 8 heteroatoms. The summed E-state index contributed by atoms with van der Waals surface area (Å²) < 4.78 is 31.8. The molecule has 1 saturated heterocycles. The summed E-state index contributed by atoms with van der Waals surface area (Å²) in [5.74, 6) is -1.49. The Balaban J connectivity index is 1.64. The van der Waals surface area contributed by atoms with Crippen molar-refractivity contribution in [3.05, 3.63) is 88.2 Å². The van der Waals surface area contributed by atoms with E-state index in [0.29, 0.717) is 46.3 Å². The van der Waals surface area contributed by atoms with Crippen molar-refractivity contribution in [2.45, 2.75) is 117 Å². The van der Waals surface area contributed by atoms with Crippen molar-refractivity contribution in [3.8, 4) is 11.1 Å². The van der Waals surface area contributed by atoms with E-state index in [4.69, 9.17) is 14.2 Å². The highest BCUT2D eigenvalue weighted by Crippen LogP contribution is 2.29. The zero-order valence-electron chi connectivity index (χ0n) is 29.5. The zero-order chi connectivity index (χ0) is 35.1. The maximum absolute atomic E-state index is 15.0. The molecule has 1 amide bonds. The van der Waals surface area contributed by atoms with E-state index in [9.17, 15) is 18.8 Å². The van der Waals surface area contributed by atoms with Gasteiger partial charge in [0.05, 0.1) is 12.5 Å². The van der Waals surface area contributed by atoms with Crippen LogP contribution in [-0.4, -0.2) is 41.8 Å². The molecule has 48 heavy (non-hydrogen) atoms. The lowest BCUT2D eigenvalue weighted by Gasteiger charge is -2.20. The molecule has 0 spiro atoms. The van der Waals surface area contributed by atoms with Gasteiger partial charge in [-0.2, -0.15) is 0 Å². The van der Waals surface area contributed by atoms with Crippen molar-refractivity contribution in [3.63, 3.8) is 0 Å². The lowest BCUT2D eigenvalue weighted by Crippen LogP contribution is -2.25. The van der Waals surface area contributed by atoms with E-state index in [1.165, 1.54) is 12.1 Å². The van der Waals surface area contributed by atoms with Crippen LogP contribution in [-0.2, 0) is 49.5 Å². The third kappa shape index (κ3) is 11.6. The number of hydrogen-bond donors (Lipinski definition) is 1. The molecule has 1 aliphatic heterocycles. The summed E-state index contributed by atoms with van der Waals surface area (Å²) in [4.78, 5) is 39.0. The number of carbonyl (C=O) groups excluding carboxylic acids is 3. The number of halogens is 1. The van der Waals surface area contributed by atoms with Crippen molar-refractivity contribution < 1.29 is 33.0 Å². The summed E-state index contributed by atoms with van der Waals surface area (Å²) >= 11 is 0. The lowest BCUT2D eigenvalue weighted by molar-refractivity contribution is -0.155. The molecule has 3 aromatic carbocycles. The Labute approximate surface area is 284 Å². The molecule has 0 aromatic heterocycles. The third-order valence-electron chi connectivity index (χ3n) is 7.94. The number of ether oxygens (including phenoxy) is 3. The smallest absolute Gasteiger partial charge is 0.310 e. The van der Waals surface area contributed by atoms with Crippen LogP contribution >= 0.6 is 0 Å². The van der Waals surface area contributed by atoms with Crippen LogP contribution < -0.4 is 5.32 Å². The molecular formula is C40H50FNO6. The van der Waals surface area contributed by atoms with Crippen LogP contribution in [0.25, 0.3) is 11.1 Å². The lowest BCUT2D eigenvalue weighted by atomic mass is 9.94. The first-order chi connectivity index (χ1) is 22.6. The normalized spacial score (nSPS) is 14.9. The molecule has 4 rings (SSSR count). The Morgan fingerprint density at radius 3 is 2.15 bits per heavy atom. The number of rotatable bonds is 12. The van der Waals surface area contributed by atoms with E-state index in [0.717, 1.165) is 43.4 Å². The predicted octanol–water partition coefficient (Wildman–Crippen LogP) is 8.58. The monoisotopic (exact) mass is 659 g/mol. The topological polar surface area (TPSA) is 90.9 Å². The zero-order valence-corrected chi connectivity index (χ0v) is 29.5. The maximum atomic E-state index is 15.0. The molecule has 1 fully saturated rings. The second-order valence-corrected chi connectivity index (χ2v) is 14.6. The van der Waals surface area contributed by atoms with Gasteiger partial charge in [0.15, 0.2) is 0 Å². The molecule has 1 N–H and O–H groups in total. The molecule has 0 radical (unpaired) electrons. The van der Waals surface area contributed by atoms with E-state index in [1.54, 1.807) is 6.07 Å². The summed E-state index contributed by atoms with van der Waals surface area (Å²) in [5, 5.41) is 3.03. The molecule has 7 nitrogen and oxygen atoms in total. The molecule has 0 aliphatic carbocycles. The summed E-state index contributed by atoms with van der Waals surface area (Å²) in [6.07, 6.45) is 4.95. The standard InChI is InChI=1S/C40H50FNO6/c1-8-26-12-15-35(31(18-26)25-37(44)48-40(5,6)7)42-38(45)32-21-27(11-14-34-10-9-17-46-34)19-29(23-32)30-20-28(22-33(41)24-30)13-16-36(43)47-39(2,3)4/h12,15,18-24,34H,8-11,13-14,16-17,25H2,1-7H3,(H,42,45)/t34-/m0/s1. The summed E-state index contributed by atoms with van der Waals surface area (Å²) in [7, 11) is 0. The van der Waals surface area contributed by atoms with Gasteiger partial charge in [-0.05, 0) is 144 Å². The summed E-state index contributed by atoms with van der Waals surface area (Å²) in [6, 6.07) is 16.0. The molecule has 0 saturated carbocycles. The van der Waals surface area contributed by atoms with Crippen molar-refractivity contribution in [1.82, 2.24) is 0 Å². The van der Waals surface area contributed by atoms with E-state index in [2.05, 4.69) is 5.32 Å². The average Bonchev–Trinajstić information content (AvgIpc) is 3.51. The highest BCUT2D eigenvalue weighted by Gasteiger charge is 2.21. The summed E-state index contributed by atoms with van der Waals surface area (Å²) in [6.45, 7) is 13.7. The van der Waals surface area contributed by atoms with Gasteiger partial charge < -0.3 is 19.5 Å². The van der Waals surface area contributed by atoms with E-state index >= 15 is 0 Å². The van der Waals surface area contributed by atoms with Gasteiger partial charge in [0.25, 0.3) is 5.91 Å². The molecular weight excluding hydrogens is 609 g/mol. The van der Waals surface area contributed by atoms with Gasteiger partial charge in [-0.15, -0.1) is 0 Å². The highest BCUT2D eigenvalue weighted by molar-refractivity contribution is 6.05. The fourth-order valence-corrected chi connectivity index (χ4v) is 5.80. The van der Waals surface area contributed by atoms with Gasteiger partial charge in [0, 0.05) is 24.3 Å². The minimum Gasteiger partial charge on any atom is -0.460 e.